The Morgan fingerprint density at radius 1 is 0.295 bits per heavy atom. The average molecular weight is 617 g/mol. The van der Waals surface area contributed by atoms with Crippen LogP contribution in [-0.2, 0) is 0 Å². The van der Waals surface area contributed by atoms with Crippen LogP contribution in [0.2, 0.25) is 0 Å². The summed E-state index contributed by atoms with van der Waals surface area (Å²) < 4.78 is 0. The standard InChI is InChI=1S/C42H84N2/c1-4-7-10-13-16-18-20-21-22-23-24-26-28-31-34-37-42-43(38-35-32-29-15-12-9-6-3)40-41-44(42)39-36-33-30-27-25-19-17-14-11-8-5-2/h40-42H,4-39H2,1-3H3. The Balaban J connectivity index is 2.18. The fourth-order valence-electron chi connectivity index (χ4n) is 7.25. The third kappa shape index (κ3) is 25.5. The lowest BCUT2D eigenvalue weighted by Crippen LogP contribution is -2.39. The first kappa shape index (κ1) is 41.4. The average Bonchev–Trinajstić information content (AvgIpc) is 3.42. The van der Waals surface area contributed by atoms with Gasteiger partial charge in [-0.05, 0) is 25.7 Å². The summed E-state index contributed by atoms with van der Waals surface area (Å²) in [5, 5.41) is 0. The van der Waals surface area contributed by atoms with Gasteiger partial charge in [0.05, 0.1) is 0 Å². The molecule has 0 aromatic heterocycles. The van der Waals surface area contributed by atoms with Gasteiger partial charge in [-0.2, -0.15) is 0 Å². The summed E-state index contributed by atoms with van der Waals surface area (Å²) in [6, 6.07) is 0. The zero-order valence-corrected chi connectivity index (χ0v) is 31.1. The van der Waals surface area contributed by atoms with Crippen molar-refractivity contribution < 1.29 is 0 Å². The highest BCUT2D eigenvalue weighted by Gasteiger charge is 2.24. The van der Waals surface area contributed by atoms with E-state index in [0.717, 1.165) is 0 Å². The summed E-state index contributed by atoms with van der Waals surface area (Å²) >= 11 is 0. The Labute approximate surface area is 280 Å². The van der Waals surface area contributed by atoms with Gasteiger partial charge in [0.1, 0.15) is 6.17 Å². The first-order chi connectivity index (χ1) is 21.8. The molecular weight excluding hydrogens is 532 g/mol. The van der Waals surface area contributed by atoms with Gasteiger partial charge in [-0.3, -0.25) is 0 Å². The van der Waals surface area contributed by atoms with Gasteiger partial charge in [-0.25, -0.2) is 0 Å². The molecule has 0 spiro atoms. The van der Waals surface area contributed by atoms with E-state index in [2.05, 4.69) is 43.0 Å². The molecule has 0 amide bonds. The molecule has 2 nitrogen and oxygen atoms in total. The summed E-state index contributed by atoms with van der Waals surface area (Å²) in [5.74, 6) is 0. The van der Waals surface area contributed by atoms with E-state index < -0.39 is 0 Å². The van der Waals surface area contributed by atoms with E-state index in [1.807, 2.05) is 0 Å². The van der Waals surface area contributed by atoms with Crippen LogP contribution in [0, 0.1) is 0 Å². The first-order valence-electron chi connectivity index (χ1n) is 21.0. The lowest BCUT2D eigenvalue weighted by Gasteiger charge is -2.33. The number of hydrogen-bond acceptors (Lipinski definition) is 2. The third-order valence-corrected chi connectivity index (χ3v) is 10.3. The van der Waals surface area contributed by atoms with E-state index in [4.69, 9.17) is 0 Å². The summed E-state index contributed by atoms with van der Waals surface area (Å²) in [6.07, 6.45) is 54.4. The molecule has 1 unspecified atom stereocenters. The van der Waals surface area contributed by atoms with Crippen molar-refractivity contribution in [3.8, 4) is 0 Å². The maximum atomic E-state index is 2.72. The van der Waals surface area contributed by atoms with E-state index in [1.165, 1.54) is 231 Å². The van der Waals surface area contributed by atoms with Gasteiger partial charge in [0.15, 0.2) is 0 Å². The molecule has 0 saturated heterocycles. The van der Waals surface area contributed by atoms with Gasteiger partial charge < -0.3 is 9.80 Å². The van der Waals surface area contributed by atoms with E-state index in [-0.39, 0.29) is 0 Å². The minimum Gasteiger partial charge on any atom is -0.356 e. The predicted molar refractivity (Wildman–Crippen MR) is 200 cm³/mol. The van der Waals surface area contributed by atoms with Gasteiger partial charge in [0.2, 0.25) is 0 Å². The van der Waals surface area contributed by atoms with Gasteiger partial charge in [0, 0.05) is 25.5 Å². The van der Waals surface area contributed by atoms with Crippen LogP contribution in [0.25, 0.3) is 0 Å². The molecule has 1 rings (SSSR count). The van der Waals surface area contributed by atoms with Crippen molar-refractivity contribution in [3.63, 3.8) is 0 Å². The second-order valence-corrected chi connectivity index (χ2v) is 14.6. The first-order valence-corrected chi connectivity index (χ1v) is 21.0. The molecule has 0 aromatic rings. The second kappa shape index (κ2) is 33.7. The van der Waals surface area contributed by atoms with Crippen molar-refractivity contribution >= 4 is 0 Å². The lowest BCUT2D eigenvalue weighted by molar-refractivity contribution is 0.135. The maximum absolute atomic E-state index is 2.72. The molecule has 0 aromatic carbocycles. The minimum atomic E-state index is 0.639. The van der Waals surface area contributed by atoms with Gasteiger partial charge in [0.25, 0.3) is 0 Å². The lowest BCUT2D eigenvalue weighted by atomic mass is 10.0. The quantitative estimate of drug-likeness (QED) is 0.0646. The molecule has 0 radical (unpaired) electrons. The van der Waals surface area contributed by atoms with Crippen LogP contribution in [0.4, 0.5) is 0 Å². The van der Waals surface area contributed by atoms with Crippen LogP contribution < -0.4 is 0 Å². The van der Waals surface area contributed by atoms with Gasteiger partial charge >= 0.3 is 0 Å². The Morgan fingerprint density at radius 2 is 0.523 bits per heavy atom. The number of unbranched alkanes of at least 4 members (excludes halogenated alkanes) is 30. The molecule has 1 atom stereocenters. The topological polar surface area (TPSA) is 6.48 Å². The number of hydrogen-bond donors (Lipinski definition) is 0. The molecular formula is C42H84N2. The van der Waals surface area contributed by atoms with Crippen molar-refractivity contribution in [2.75, 3.05) is 13.1 Å². The van der Waals surface area contributed by atoms with Crippen molar-refractivity contribution in [2.45, 2.75) is 245 Å². The fourth-order valence-corrected chi connectivity index (χ4v) is 7.25. The molecule has 0 fully saturated rings. The second-order valence-electron chi connectivity index (χ2n) is 14.6. The largest absolute Gasteiger partial charge is 0.356 e. The Bertz CT molecular complexity index is 572. The Morgan fingerprint density at radius 3 is 0.795 bits per heavy atom. The highest BCUT2D eigenvalue weighted by Crippen LogP contribution is 2.24. The van der Waals surface area contributed by atoms with Crippen LogP contribution >= 0.6 is 0 Å². The summed E-state index contributed by atoms with van der Waals surface area (Å²) in [4.78, 5) is 5.44. The van der Waals surface area contributed by atoms with Crippen LogP contribution in [-0.4, -0.2) is 29.1 Å². The normalized spacial score (nSPS) is 14.8. The molecule has 1 heterocycles. The molecule has 0 aliphatic carbocycles. The van der Waals surface area contributed by atoms with Crippen molar-refractivity contribution in [1.82, 2.24) is 9.80 Å². The SMILES string of the molecule is CCCCCCCCCCCCCCCCCC1N(CCCCCCCCC)C=CN1CCCCCCCCCCCCC. The Hall–Kier alpha value is -0.660. The molecule has 0 saturated carbocycles. The molecule has 262 valence electrons. The molecule has 2 heteroatoms. The summed E-state index contributed by atoms with van der Waals surface area (Å²) in [5.41, 5.74) is 0. The smallest absolute Gasteiger partial charge is 0.101 e. The van der Waals surface area contributed by atoms with Crippen molar-refractivity contribution in [2.24, 2.45) is 0 Å². The van der Waals surface area contributed by atoms with E-state index >= 15 is 0 Å². The number of nitrogens with zero attached hydrogens (tertiary/aromatic N) is 2. The number of rotatable bonds is 36. The predicted octanol–water partition coefficient (Wildman–Crippen LogP) is 14.7. The fraction of sp³-hybridized carbons (Fsp3) is 0.952. The molecule has 0 bridgehead atoms. The van der Waals surface area contributed by atoms with Crippen LogP contribution in [0.5, 0.6) is 0 Å². The zero-order valence-electron chi connectivity index (χ0n) is 31.1. The van der Waals surface area contributed by atoms with E-state index in [1.54, 1.807) is 0 Å². The Kier molecular flexibility index (Phi) is 31.7. The van der Waals surface area contributed by atoms with Crippen LogP contribution in [0.15, 0.2) is 12.4 Å². The van der Waals surface area contributed by atoms with Gasteiger partial charge in [-0.15, -0.1) is 0 Å². The van der Waals surface area contributed by atoms with Crippen LogP contribution in [0.1, 0.15) is 239 Å². The van der Waals surface area contributed by atoms with Crippen molar-refractivity contribution in [3.05, 3.63) is 12.4 Å². The molecule has 1 aliphatic heterocycles. The molecule has 0 N–H and O–H groups in total. The highest BCUT2D eigenvalue weighted by atomic mass is 15.4. The zero-order chi connectivity index (χ0) is 31.6. The van der Waals surface area contributed by atoms with Gasteiger partial charge in [-0.1, -0.05) is 213 Å². The van der Waals surface area contributed by atoms with Crippen molar-refractivity contribution in [1.29, 1.82) is 0 Å². The summed E-state index contributed by atoms with van der Waals surface area (Å²) in [7, 11) is 0. The minimum absolute atomic E-state index is 0.639. The van der Waals surface area contributed by atoms with E-state index in [9.17, 15) is 0 Å². The van der Waals surface area contributed by atoms with Crippen LogP contribution in [0.3, 0.4) is 0 Å². The molecule has 1 aliphatic rings. The maximum Gasteiger partial charge on any atom is 0.101 e. The monoisotopic (exact) mass is 617 g/mol. The highest BCUT2D eigenvalue weighted by molar-refractivity contribution is 4.97. The summed E-state index contributed by atoms with van der Waals surface area (Å²) in [6.45, 7) is 9.48. The third-order valence-electron chi connectivity index (χ3n) is 10.3. The van der Waals surface area contributed by atoms with E-state index in [0.29, 0.717) is 6.17 Å². The molecule has 44 heavy (non-hydrogen) atoms.